The highest BCUT2D eigenvalue weighted by atomic mass is 35.5. The van der Waals surface area contributed by atoms with Crippen LogP contribution >= 0.6 is 24.0 Å². The Bertz CT molecular complexity index is 587. The third-order valence-corrected chi connectivity index (χ3v) is 2.63. The zero-order valence-electron chi connectivity index (χ0n) is 10.1. The summed E-state index contributed by atoms with van der Waals surface area (Å²) in [6, 6.07) is 1.61. The summed E-state index contributed by atoms with van der Waals surface area (Å²) in [7, 11) is 1.67. The smallest absolute Gasteiger partial charge is 0.373 e. The number of aromatic nitrogens is 3. The summed E-state index contributed by atoms with van der Waals surface area (Å²) in [6.45, 7) is 0. The number of rotatable bonds is 2. The first-order valence-electron chi connectivity index (χ1n) is 5.14. The van der Waals surface area contributed by atoms with Gasteiger partial charge in [-0.25, -0.2) is 15.0 Å². The van der Waals surface area contributed by atoms with E-state index in [1.54, 1.807) is 13.1 Å². The van der Waals surface area contributed by atoms with Gasteiger partial charge in [-0.1, -0.05) is 11.6 Å². The number of anilines is 1. The summed E-state index contributed by atoms with van der Waals surface area (Å²) in [6.07, 6.45) is -0.996. The van der Waals surface area contributed by atoms with Crippen LogP contribution in [0.2, 0.25) is 5.02 Å². The Balaban J connectivity index is 0.00000200. The Morgan fingerprint density at radius 2 is 1.70 bits per heavy atom. The highest BCUT2D eigenvalue weighted by molar-refractivity contribution is 6.33. The second-order valence-corrected chi connectivity index (χ2v) is 4.00. The van der Waals surface area contributed by atoms with Crippen molar-refractivity contribution in [3.63, 3.8) is 0 Å². The molecule has 2 aromatic rings. The van der Waals surface area contributed by atoms with Gasteiger partial charge in [0.05, 0.1) is 5.02 Å². The molecule has 0 aromatic carbocycles. The molecule has 0 bridgehead atoms. The van der Waals surface area contributed by atoms with E-state index in [0.717, 1.165) is 12.4 Å². The Morgan fingerprint density at radius 1 is 1.10 bits per heavy atom. The van der Waals surface area contributed by atoms with Crippen molar-refractivity contribution in [1.29, 1.82) is 0 Å². The van der Waals surface area contributed by atoms with Crippen LogP contribution in [-0.4, -0.2) is 22.0 Å². The van der Waals surface area contributed by atoms with Crippen LogP contribution in [0.4, 0.5) is 19.0 Å². The molecule has 0 amide bonds. The Morgan fingerprint density at radius 3 is 2.20 bits per heavy atom. The summed E-state index contributed by atoms with van der Waals surface area (Å²) < 4.78 is 37.0. The van der Waals surface area contributed by atoms with Crippen LogP contribution in [0.1, 0.15) is 5.82 Å². The highest BCUT2D eigenvalue weighted by Gasteiger charge is 2.34. The zero-order valence-corrected chi connectivity index (χ0v) is 11.6. The predicted molar refractivity (Wildman–Crippen MR) is 72.1 cm³/mol. The van der Waals surface area contributed by atoms with Crippen molar-refractivity contribution >= 4 is 29.8 Å². The fourth-order valence-electron chi connectivity index (χ4n) is 1.41. The predicted octanol–water partition coefficient (Wildman–Crippen LogP) is 3.67. The second-order valence-electron chi connectivity index (χ2n) is 3.59. The number of alkyl halides is 3. The normalized spacial score (nSPS) is 10.8. The van der Waals surface area contributed by atoms with Crippen LogP contribution in [0.5, 0.6) is 0 Å². The van der Waals surface area contributed by atoms with Crippen molar-refractivity contribution in [1.82, 2.24) is 15.0 Å². The molecule has 2 heterocycles. The van der Waals surface area contributed by atoms with E-state index in [2.05, 4.69) is 20.3 Å². The molecule has 0 aliphatic heterocycles. The fourth-order valence-corrected chi connectivity index (χ4v) is 1.62. The van der Waals surface area contributed by atoms with Gasteiger partial charge in [-0.15, -0.1) is 12.4 Å². The first kappa shape index (κ1) is 16.5. The Hall–Kier alpha value is -1.60. The van der Waals surface area contributed by atoms with E-state index in [9.17, 15) is 13.2 Å². The minimum Gasteiger partial charge on any atom is -0.373 e. The van der Waals surface area contributed by atoms with Crippen molar-refractivity contribution in [3.8, 4) is 11.1 Å². The van der Waals surface area contributed by atoms with Crippen LogP contribution in [0, 0.1) is 0 Å². The van der Waals surface area contributed by atoms with Crippen LogP contribution in [-0.2, 0) is 6.18 Å². The molecule has 0 atom stereocenters. The van der Waals surface area contributed by atoms with E-state index in [0.29, 0.717) is 22.0 Å². The number of nitrogens with one attached hydrogen (secondary N) is 1. The average molecular weight is 325 g/mol. The fraction of sp³-hybridized carbons (Fsp3) is 0.182. The third-order valence-electron chi connectivity index (χ3n) is 2.33. The number of hydrogen-bond donors (Lipinski definition) is 1. The molecule has 108 valence electrons. The molecule has 0 spiro atoms. The van der Waals surface area contributed by atoms with E-state index in [1.807, 2.05) is 0 Å². The minimum atomic E-state index is -4.56. The van der Waals surface area contributed by atoms with Gasteiger partial charge in [0.15, 0.2) is 0 Å². The number of halogens is 5. The Labute approximate surface area is 123 Å². The quantitative estimate of drug-likeness (QED) is 0.915. The molecule has 0 aliphatic rings. The molecule has 0 saturated carbocycles. The van der Waals surface area contributed by atoms with Crippen molar-refractivity contribution in [3.05, 3.63) is 35.5 Å². The molecule has 0 radical (unpaired) electrons. The van der Waals surface area contributed by atoms with Crippen LogP contribution in [0.3, 0.4) is 0 Å². The summed E-state index contributed by atoms with van der Waals surface area (Å²) in [4.78, 5) is 10.6. The largest absolute Gasteiger partial charge is 0.451 e. The molecule has 0 saturated heterocycles. The third kappa shape index (κ3) is 3.49. The molecular weight excluding hydrogens is 316 g/mol. The Kier molecular flexibility index (Phi) is 5.13. The summed E-state index contributed by atoms with van der Waals surface area (Å²) in [5.41, 5.74) is 0.895. The van der Waals surface area contributed by atoms with Gasteiger partial charge >= 0.3 is 6.18 Å². The SMILES string of the molecule is CNc1cc(-c2cnc(C(F)(F)F)nc2)c(Cl)cn1.Cl. The van der Waals surface area contributed by atoms with E-state index in [4.69, 9.17) is 11.6 Å². The zero-order chi connectivity index (χ0) is 14.0. The number of pyridine rings is 1. The summed E-state index contributed by atoms with van der Waals surface area (Å²) >= 11 is 5.95. The number of hydrogen-bond acceptors (Lipinski definition) is 4. The van der Waals surface area contributed by atoms with Gasteiger partial charge in [-0.2, -0.15) is 13.2 Å². The van der Waals surface area contributed by atoms with E-state index in [-0.39, 0.29) is 12.4 Å². The van der Waals surface area contributed by atoms with Gasteiger partial charge in [0.25, 0.3) is 0 Å². The maximum absolute atomic E-state index is 12.3. The molecule has 1 N–H and O–H groups in total. The van der Waals surface area contributed by atoms with Crippen LogP contribution in [0.25, 0.3) is 11.1 Å². The molecule has 0 aliphatic carbocycles. The number of nitrogens with zero attached hydrogens (tertiary/aromatic N) is 3. The molecule has 20 heavy (non-hydrogen) atoms. The maximum Gasteiger partial charge on any atom is 0.451 e. The lowest BCUT2D eigenvalue weighted by molar-refractivity contribution is -0.144. The van der Waals surface area contributed by atoms with Gasteiger partial charge in [-0.3, -0.25) is 0 Å². The molecule has 0 unspecified atom stereocenters. The monoisotopic (exact) mass is 324 g/mol. The molecular formula is C11H9Cl2F3N4. The molecule has 2 rings (SSSR count). The van der Waals surface area contributed by atoms with Gasteiger partial charge in [0, 0.05) is 36.8 Å². The first-order valence-corrected chi connectivity index (χ1v) is 5.52. The van der Waals surface area contributed by atoms with Crippen LogP contribution in [0.15, 0.2) is 24.7 Å². The van der Waals surface area contributed by atoms with Gasteiger partial charge in [-0.05, 0) is 6.07 Å². The lowest BCUT2D eigenvalue weighted by Gasteiger charge is -2.08. The van der Waals surface area contributed by atoms with Crippen molar-refractivity contribution in [2.24, 2.45) is 0 Å². The first-order chi connectivity index (χ1) is 8.91. The molecule has 0 fully saturated rings. The topological polar surface area (TPSA) is 50.7 Å². The van der Waals surface area contributed by atoms with Crippen LogP contribution < -0.4 is 5.32 Å². The summed E-state index contributed by atoms with van der Waals surface area (Å²) in [5, 5.41) is 3.12. The maximum atomic E-state index is 12.3. The van der Waals surface area contributed by atoms with Gasteiger partial charge in [0.2, 0.25) is 5.82 Å². The van der Waals surface area contributed by atoms with Gasteiger partial charge in [0.1, 0.15) is 5.82 Å². The molecule has 4 nitrogen and oxygen atoms in total. The van der Waals surface area contributed by atoms with E-state index >= 15 is 0 Å². The van der Waals surface area contributed by atoms with E-state index < -0.39 is 12.0 Å². The standard InChI is InChI=1S/C11H8ClF3N4.ClH/c1-16-9-2-7(8(12)5-17-9)6-3-18-10(19-4-6)11(13,14)15;/h2-5H,1H3,(H,16,17);1H. The molecule has 2 aromatic heterocycles. The van der Waals surface area contributed by atoms with Crippen molar-refractivity contribution in [2.75, 3.05) is 12.4 Å². The lowest BCUT2D eigenvalue weighted by atomic mass is 10.1. The summed E-state index contributed by atoms with van der Waals surface area (Å²) in [5.74, 6) is -0.644. The minimum absolute atomic E-state index is 0. The average Bonchev–Trinajstić information content (AvgIpc) is 2.38. The lowest BCUT2D eigenvalue weighted by Crippen LogP contribution is -2.10. The van der Waals surface area contributed by atoms with Crippen molar-refractivity contribution in [2.45, 2.75) is 6.18 Å². The highest BCUT2D eigenvalue weighted by Crippen LogP contribution is 2.30. The van der Waals surface area contributed by atoms with E-state index in [1.165, 1.54) is 6.20 Å². The second kappa shape index (κ2) is 6.23. The van der Waals surface area contributed by atoms with Crippen molar-refractivity contribution < 1.29 is 13.2 Å². The van der Waals surface area contributed by atoms with Gasteiger partial charge < -0.3 is 5.32 Å². The molecule has 9 heteroatoms.